The molecule has 0 saturated heterocycles. The van der Waals surface area contributed by atoms with E-state index in [1.54, 1.807) is 18.2 Å². The second kappa shape index (κ2) is 5.07. The van der Waals surface area contributed by atoms with Crippen molar-refractivity contribution in [2.24, 2.45) is 0 Å². The largest absolute Gasteiger partial charge is 0.506 e. The summed E-state index contributed by atoms with van der Waals surface area (Å²) in [6, 6.07) is 9.02. The number of nitrogen functional groups attached to an aromatic ring is 2. The number of nitrogens with two attached hydrogens (primary N) is 2. The monoisotopic (exact) mass is 277 g/mol. The predicted octanol–water partition coefficient (Wildman–Crippen LogP) is 2.46. The fourth-order valence-electron chi connectivity index (χ4n) is 1.50. The Morgan fingerprint density at radius 1 is 1.11 bits per heavy atom. The van der Waals surface area contributed by atoms with Crippen LogP contribution in [0, 0.1) is 0 Å². The van der Waals surface area contributed by atoms with E-state index < -0.39 is 0 Å². The molecule has 6 N–H and O–H groups in total. The molecule has 0 aliphatic heterocycles. The minimum Gasteiger partial charge on any atom is -0.506 e. The van der Waals surface area contributed by atoms with Gasteiger partial charge in [0.1, 0.15) is 5.75 Å². The van der Waals surface area contributed by atoms with Crippen molar-refractivity contribution in [1.29, 1.82) is 0 Å². The maximum Gasteiger partial charge on any atom is 0.255 e. The first kappa shape index (κ1) is 13.0. The normalized spacial score (nSPS) is 10.2. The molecule has 98 valence electrons. The number of anilines is 3. The molecule has 1 amide bonds. The molecule has 0 fully saturated rings. The molecule has 0 saturated carbocycles. The lowest BCUT2D eigenvalue weighted by Gasteiger charge is -2.08. The molecule has 0 aliphatic carbocycles. The minimum atomic E-state index is -0.339. The van der Waals surface area contributed by atoms with Gasteiger partial charge in [0.25, 0.3) is 5.91 Å². The molecule has 0 spiro atoms. The van der Waals surface area contributed by atoms with Crippen LogP contribution < -0.4 is 16.8 Å². The predicted molar refractivity (Wildman–Crippen MR) is 76.3 cm³/mol. The second-order valence-corrected chi connectivity index (χ2v) is 4.37. The number of nitrogens with one attached hydrogen (secondary N) is 1. The van der Waals surface area contributed by atoms with Gasteiger partial charge in [0.15, 0.2) is 0 Å². The number of amides is 1. The summed E-state index contributed by atoms with van der Waals surface area (Å²) in [4.78, 5) is 12.0. The highest BCUT2D eigenvalue weighted by atomic mass is 35.5. The number of aromatic hydroxyl groups is 1. The number of halogens is 1. The first-order chi connectivity index (χ1) is 8.97. The van der Waals surface area contributed by atoms with E-state index in [4.69, 9.17) is 23.1 Å². The molecule has 2 rings (SSSR count). The Morgan fingerprint density at radius 2 is 1.84 bits per heavy atom. The van der Waals surface area contributed by atoms with Crippen LogP contribution in [-0.2, 0) is 0 Å². The quantitative estimate of drug-likeness (QED) is 0.500. The topological polar surface area (TPSA) is 101 Å². The van der Waals surface area contributed by atoms with Gasteiger partial charge in [0.05, 0.1) is 16.4 Å². The molecule has 0 aliphatic rings. The third-order valence-electron chi connectivity index (χ3n) is 2.55. The maximum absolute atomic E-state index is 12.0. The fourth-order valence-corrected chi connectivity index (χ4v) is 1.68. The Hall–Kier alpha value is -2.40. The Morgan fingerprint density at radius 3 is 2.47 bits per heavy atom. The standard InChI is InChI=1S/C13H12ClN3O2/c14-9-6-8(2-4-12(9)18)17-13(19)7-1-3-10(15)11(16)5-7/h1-6,18H,15-16H2,(H,17,19). The minimum absolute atomic E-state index is 0.0450. The number of carbonyl (C=O) groups is 1. The maximum atomic E-state index is 12.0. The van der Waals surface area contributed by atoms with Gasteiger partial charge in [0, 0.05) is 11.3 Å². The molecule has 0 heterocycles. The Kier molecular flexibility index (Phi) is 3.48. The highest BCUT2D eigenvalue weighted by Crippen LogP contribution is 2.26. The van der Waals surface area contributed by atoms with Crippen LogP contribution in [-0.4, -0.2) is 11.0 Å². The van der Waals surface area contributed by atoms with Crippen molar-refractivity contribution in [3.05, 3.63) is 47.0 Å². The summed E-state index contributed by atoms with van der Waals surface area (Å²) >= 11 is 5.75. The summed E-state index contributed by atoms with van der Waals surface area (Å²) in [5, 5.41) is 12.1. The summed E-state index contributed by atoms with van der Waals surface area (Å²) in [6.45, 7) is 0. The molecule has 0 unspecified atom stereocenters. The molecular formula is C13H12ClN3O2. The van der Waals surface area contributed by atoms with Crippen molar-refractivity contribution in [2.75, 3.05) is 16.8 Å². The lowest BCUT2D eigenvalue weighted by Crippen LogP contribution is -2.12. The Balaban J connectivity index is 2.20. The molecule has 2 aromatic carbocycles. The van der Waals surface area contributed by atoms with Gasteiger partial charge >= 0.3 is 0 Å². The molecule has 0 atom stereocenters. The van der Waals surface area contributed by atoms with E-state index in [-0.39, 0.29) is 16.7 Å². The molecular weight excluding hydrogens is 266 g/mol. The van der Waals surface area contributed by atoms with Gasteiger partial charge < -0.3 is 21.9 Å². The second-order valence-electron chi connectivity index (χ2n) is 3.96. The summed E-state index contributed by atoms with van der Waals surface area (Å²) in [5.41, 5.74) is 12.8. The Bertz CT molecular complexity index is 644. The van der Waals surface area contributed by atoms with Crippen LogP contribution in [0.4, 0.5) is 17.1 Å². The van der Waals surface area contributed by atoms with Gasteiger partial charge in [0.2, 0.25) is 0 Å². The highest BCUT2D eigenvalue weighted by Gasteiger charge is 2.08. The van der Waals surface area contributed by atoms with Crippen LogP contribution in [0.5, 0.6) is 5.75 Å². The Labute approximate surface area is 114 Å². The van der Waals surface area contributed by atoms with Crippen LogP contribution in [0.1, 0.15) is 10.4 Å². The number of rotatable bonds is 2. The van der Waals surface area contributed by atoms with Crippen molar-refractivity contribution in [3.8, 4) is 5.75 Å². The molecule has 0 bridgehead atoms. The number of hydrogen-bond acceptors (Lipinski definition) is 4. The number of phenolic OH excluding ortho intramolecular Hbond substituents is 1. The third kappa shape index (κ3) is 2.89. The molecule has 0 aromatic heterocycles. The van der Waals surface area contributed by atoms with Crippen molar-refractivity contribution in [2.45, 2.75) is 0 Å². The van der Waals surface area contributed by atoms with E-state index in [2.05, 4.69) is 5.32 Å². The number of carbonyl (C=O) groups excluding carboxylic acids is 1. The van der Waals surface area contributed by atoms with E-state index >= 15 is 0 Å². The highest BCUT2D eigenvalue weighted by molar-refractivity contribution is 6.32. The van der Waals surface area contributed by atoms with Crippen molar-refractivity contribution >= 4 is 34.6 Å². The first-order valence-electron chi connectivity index (χ1n) is 5.42. The van der Waals surface area contributed by atoms with Crippen molar-refractivity contribution in [1.82, 2.24) is 0 Å². The summed E-state index contributed by atoms with van der Waals surface area (Å²) in [7, 11) is 0. The van der Waals surface area contributed by atoms with Gasteiger partial charge in [-0.1, -0.05) is 11.6 Å². The third-order valence-corrected chi connectivity index (χ3v) is 2.86. The van der Waals surface area contributed by atoms with Gasteiger partial charge in [-0.3, -0.25) is 4.79 Å². The SMILES string of the molecule is Nc1ccc(C(=O)Nc2ccc(O)c(Cl)c2)cc1N. The van der Waals surface area contributed by atoms with Crippen LogP contribution in [0.2, 0.25) is 5.02 Å². The number of benzene rings is 2. The van der Waals surface area contributed by atoms with E-state index in [0.717, 1.165) is 0 Å². The fraction of sp³-hybridized carbons (Fsp3) is 0. The van der Waals surface area contributed by atoms with E-state index in [1.165, 1.54) is 18.2 Å². The van der Waals surface area contributed by atoms with Crippen molar-refractivity contribution < 1.29 is 9.90 Å². The van der Waals surface area contributed by atoms with Crippen LogP contribution >= 0.6 is 11.6 Å². The average Bonchev–Trinajstić information content (AvgIpc) is 2.37. The van der Waals surface area contributed by atoms with Gasteiger partial charge in [-0.2, -0.15) is 0 Å². The van der Waals surface area contributed by atoms with Gasteiger partial charge in [-0.15, -0.1) is 0 Å². The summed E-state index contributed by atoms with van der Waals surface area (Å²) < 4.78 is 0. The molecule has 2 aromatic rings. The van der Waals surface area contributed by atoms with Crippen molar-refractivity contribution in [3.63, 3.8) is 0 Å². The summed E-state index contributed by atoms with van der Waals surface area (Å²) in [6.07, 6.45) is 0. The smallest absolute Gasteiger partial charge is 0.255 e. The lowest BCUT2D eigenvalue weighted by atomic mass is 10.1. The zero-order valence-corrected chi connectivity index (χ0v) is 10.6. The van der Waals surface area contributed by atoms with Crippen LogP contribution in [0.15, 0.2) is 36.4 Å². The average molecular weight is 278 g/mol. The zero-order valence-electron chi connectivity index (χ0n) is 9.85. The summed E-state index contributed by atoms with van der Waals surface area (Å²) in [5.74, 6) is -0.384. The van der Waals surface area contributed by atoms with E-state index in [9.17, 15) is 9.90 Å². The molecule has 5 nitrogen and oxygen atoms in total. The first-order valence-corrected chi connectivity index (χ1v) is 5.80. The molecule has 19 heavy (non-hydrogen) atoms. The van der Waals surface area contributed by atoms with Gasteiger partial charge in [-0.25, -0.2) is 0 Å². The van der Waals surface area contributed by atoms with Gasteiger partial charge in [-0.05, 0) is 36.4 Å². The van der Waals surface area contributed by atoms with E-state index in [1.807, 2.05) is 0 Å². The number of hydrogen-bond donors (Lipinski definition) is 4. The number of phenols is 1. The lowest BCUT2D eigenvalue weighted by molar-refractivity contribution is 0.102. The van der Waals surface area contributed by atoms with Crippen LogP contribution in [0.25, 0.3) is 0 Å². The molecule has 6 heteroatoms. The molecule has 0 radical (unpaired) electrons. The van der Waals surface area contributed by atoms with Crippen LogP contribution in [0.3, 0.4) is 0 Å². The van der Waals surface area contributed by atoms with E-state index in [0.29, 0.717) is 22.6 Å². The zero-order chi connectivity index (χ0) is 14.0.